The van der Waals surface area contributed by atoms with Gasteiger partial charge in [0.05, 0.1) is 18.8 Å². The molecule has 2 atom stereocenters. The van der Waals surface area contributed by atoms with Gasteiger partial charge in [-0.05, 0) is 11.5 Å². The van der Waals surface area contributed by atoms with Crippen molar-refractivity contribution in [1.29, 1.82) is 0 Å². The Morgan fingerprint density at radius 1 is 1.05 bits per heavy atom. The fraction of sp³-hybridized carbons (Fsp3) is 0.444. The number of benzene rings is 2. The Morgan fingerprint density at radius 3 is 2.86 bits per heavy atom. The standard InChI is InChI=1S/C18H20O3/c1-2-6-16-14(4-1)5-3-7-17(16)21-15-8-10-20-18(12-15)9-11-19-13-18/h1-7,15H,8-13H2. The molecule has 0 aliphatic carbocycles. The fourth-order valence-corrected chi connectivity index (χ4v) is 3.42. The minimum Gasteiger partial charge on any atom is -0.490 e. The highest BCUT2D eigenvalue weighted by molar-refractivity contribution is 5.88. The third-order valence-electron chi connectivity index (χ3n) is 4.56. The Morgan fingerprint density at radius 2 is 1.95 bits per heavy atom. The average molecular weight is 284 g/mol. The molecular formula is C18H20O3. The van der Waals surface area contributed by atoms with Crippen LogP contribution in [0.5, 0.6) is 5.75 Å². The van der Waals surface area contributed by atoms with Gasteiger partial charge in [-0.25, -0.2) is 0 Å². The Hall–Kier alpha value is -1.58. The lowest BCUT2D eigenvalue weighted by Crippen LogP contribution is -2.44. The number of hydrogen-bond donors (Lipinski definition) is 0. The molecule has 0 radical (unpaired) electrons. The topological polar surface area (TPSA) is 27.7 Å². The lowest BCUT2D eigenvalue weighted by molar-refractivity contribution is -0.112. The zero-order chi connectivity index (χ0) is 14.1. The number of rotatable bonds is 2. The van der Waals surface area contributed by atoms with Crippen molar-refractivity contribution in [2.45, 2.75) is 31.0 Å². The minimum atomic E-state index is -0.104. The molecule has 21 heavy (non-hydrogen) atoms. The highest BCUT2D eigenvalue weighted by atomic mass is 16.6. The predicted molar refractivity (Wildman–Crippen MR) is 81.7 cm³/mol. The number of hydrogen-bond acceptors (Lipinski definition) is 3. The second kappa shape index (κ2) is 5.32. The summed E-state index contributed by atoms with van der Waals surface area (Å²) >= 11 is 0. The van der Waals surface area contributed by atoms with Crippen LogP contribution in [0.15, 0.2) is 42.5 Å². The van der Waals surface area contributed by atoms with Gasteiger partial charge in [-0.1, -0.05) is 36.4 Å². The van der Waals surface area contributed by atoms with E-state index in [0.29, 0.717) is 6.61 Å². The summed E-state index contributed by atoms with van der Waals surface area (Å²) in [5, 5.41) is 2.41. The van der Waals surface area contributed by atoms with Crippen molar-refractivity contribution in [2.24, 2.45) is 0 Å². The molecule has 2 heterocycles. The van der Waals surface area contributed by atoms with E-state index in [9.17, 15) is 0 Å². The van der Waals surface area contributed by atoms with Crippen LogP contribution in [0.25, 0.3) is 10.8 Å². The van der Waals surface area contributed by atoms with Gasteiger partial charge in [-0.3, -0.25) is 0 Å². The van der Waals surface area contributed by atoms with Gasteiger partial charge >= 0.3 is 0 Å². The molecule has 3 nitrogen and oxygen atoms in total. The average Bonchev–Trinajstić information content (AvgIpc) is 2.95. The molecule has 2 fully saturated rings. The molecule has 0 bridgehead atoms. The van der Waals surface area contributed by atoms with Crippen LogP contribution < -0.4 is 4.74 Å². The molecule has 2 saturated heterocycles. The van der Waals surface area contributed by atoms with E-state index in [1.54, 1.807) is 0 Å². The molecule has 2 aliphatic heterocycles. The first-order valence-corrected chi connectivity index (χ1v) is 7.71. The number of fused-ring (bicyclic) bond motifs is 1. The smallest absolute Gasteiger partial charge is 0.127 e. The lowest BCUT2D eigenvalue weighted by Gasteiger charge is -2.37. The van der Waals surface area contributed by atoms with Crippen molar-refractivity contribution >= 4 is 10.8 Å². The summed E-state index contributed by atoms with van der Waals surface area (Å²) in [7, 11) is 0. The second-order valence-corrected chi connectivity index (χ2v) is 6.04. The monoisotopic (exact) mass is 284 g/mol. The van der Waals surface area contributed by atoms with E-state index in [2.05, 4.69) is 42.5 Å². The first-order chi connectivity index (χ1) is 10.3. The molecule has 0 N–H and O–H groups in total. The summed E-state index contributed by atoms with van der Waals surface area (Å²) in [5.74, 6) is 0.981. The van der Waals surface area contributed by atoms with Crippen LogP contribution in [0.3, 0.4) is 0 Å². The van der Waals surface area contributed by atoms with E-state index in [1.165, 1.54) is 10.8 Å². The van der Waals surface area contributed by atoms with Gasteiger partial charge in [0.2, 0.25) is 0 Å². The summed E-state index contributed by atoms with van der Waals surface area (Å²) in [4.78, 5) is 0. The van der Waals surface area contributed by atoms with Crippen LogP contribution in [0.1, 0.15) is 19.3 Å². The van der Waals surface area contributed by atoms with Crippen LogP contribution >= 0.6 is 0 Å². The summed E-state index contributed by atoms with van der Waals surface area (Å²) in [6.45, 7) is 2.28. The Bertz CT molecular complexity index is 626. The Balaban J connectivity index is 1.57. The molecule has 4 rings (SSSR count). The van der Waals surface area contributed by atoms with Gasteiger partial charge in [-0.15, -0.1) is 0 Å². The van der Waals surface area contributed by atoms with Crippen LogP contribution in [0.2, 0.25) is 0 Å². The molecule has 2 aromatic carbocycles. The Kier molecular flexibility index (Phi) is 3.32. The van der Waals surface area contributed by atoms with Gasteiger partial charge in [0.1, 0.15) is 11.9 Å². The molecule has 1 spiro atoms. The van der Waals surface area contributed by atoms with Gasteiger partial charge < -0.3 is 14.2 Å². The maximum atomic E-state index is 6.32. The maximum Gasteiger partial charge on any atom is 0.127 e. The molecule has 110 valence electrons. The molecule has 3 heteroatoms. The minimum absolute atomic E-state index is 0.104. The van der Waals surface area contributed by atoms with Gasteiger partial charge in [0, 0.05) is 31.3 Å². The van der Waals surface area contributed by atoms with Crippen molar-refractivity contribution in [3.05, 3.63) is 42.5 Å². The molecule has 0 saturated carbocycles. The van der Waals surface area contributed by atoms with E-state index in [4.69, 9.17) is 14.2 Å². The summed E-state index contributed by atoms with van der Waals surface area (Å²) in [6, 6.07) is 14.6. The summed E-state index contributed by atoms with van der Waals surface area (Å²) in [6.07, 6.45) is 3.08. The third kappa shape index (κ3) is 2.52. The SMILES string of the molecule is c1ccc2c(OC3CCOC4(CCOC4)C3)cccc2c1. The second-order valence-electron chi connectivity index (χ2n) is 6.04. The van der Waals surface area contributed by atoms with Crippen LogP contribution in [0.4, 0.5) is 0 Å². The van der Waals surface area contributed by atoms with Crippen LogP contribution in [0, 0.1) is 0 Å². The van der Waals surface area contributed by atoms with Crippen molar-refractivity contribution in [1.82, 2.24) is 0 Å². The highest BCUT2D eigenvalue weighted by Crippen LogP contribution is 2.35. The molecule has 2 aliphatic rings. The van der Waals surface area contributed by atoms with E-state index in [0.717, 1.165) is 38.2 Å². The third-order valence-corrected chi connectivity index (χ3v) is 4.56. The molecule has 2 unspecified atom stereocenters. The van der Waals surface area contributed by atoms with Crippen molar-refractivity contribution in [3.63, 3.8) is 0 Å². The van der Waals surface area contributed by atoms with Crippen LogP contribution in [-0.2, 0) is 9.47 Å². The maximum absolute atomic E-state index is 6.32. The van der Waals surface area contributed by atoms with E-state index >= 15 is 0 Å². The summed E-state index contributed by atoms with van der Waals surface area (Å²) in [5.41, 5.74) is -0.104. The predicted octanol–water partition coefficient (Wildman–Crippen LogP) is 3.56. The largest absolute Gasteiger partial charge is 0.490 e. The zero-order valence-electron chi connectivity index (χ0n) is 12.1. The summed E-state index contributed by atoms with van der Waals surface area (Å²) < 4.78 is 17.8. The molecule has 0 aromatic heterocycles. The van der Waals surface area contributed by atoms with Crippen LogP contribution in [-0.4, -0.2) is 31.5 Å². The molecule has 2 aromatic rings. The van der Waals surface area contributed by atoms with Gasteiger partial charge in [-0.2, -0.15) is 0 Å². The zero-order valence-corrected chi connectivity index (χ0v) is 12.1. The first kappa shape index (κ1) is 13.1. The van der Waals surface area contributed by atoms with E-state index in [-0.39, 0.29) is 11.7 Å². The van der Waals surface area contributed by atoms with E-state index in [1.807, 2.05) is 0 Å². The number of ether oxygens (including phenoxy) is 3. The van der Waals surface area contributed by atoms with Crippen molar-refractivity contribution in [2.75, 3.05) is 19.8 Å². The normalized spacial score (nSPS) is 29.0. The van der Waals surface area contributed by atoms with Gasteiger partial charge in [0.25, 0.3) is 0 Å². The quantitative estimate of drug-likeness (QED) is 0.844. The first-order valence-electron chi connectivity index (χ1n) is 7.71. The van der Waals surface area contributed by atoms with Crippen molar-refractivity contribution < 1.29 is 14.2 Å². The van der Waals surface area contributed by atoms with E-state index < -0.39 is 0 Å². The van der Waals surface area contributed by atoms with Gasteiger partial charge in [0.15, 0.2) is 0 Å². The van der Waals surface area contributed by atoms with Crippen molar-refractivity contribution in [3.8, 4) is 5.75 Å². The lowest BCUT2D eigenvalue weighted by atomic mass is 9.91. The highest BCUT2D eigenvalue weighted by Gasteiger charge is 2.41. The molecule has 0 amide bonds. The molecular weight excluding hydrogens is 264 g/mol. The Labute approximate surface area is 124 Å². The fourth-order valence-electron chi connectivity index (χ4n) is 3.42.